The third-order valence-corrected chi connectivity index (χ3v) is 7.61. The maximum Gasteiger partial charge on any atom is 0.242 e. The summed E-state index contributed by atoms with van der Waals surface area (Å²) in [6, 6.07) is 34.2. The Bertz CT molecular complexity index is 1380. The lowest BCUT2D eigenvalue weighted by Gasteiger charge is -2.17. The second-order valence-electron chi connectivity index (χ2n) is 7.78. The van der Waals surface area contributed by atoms with Crippen LogP contribution in [0.15, 0.2) is 108 Å². The molecule has 0 saturated heterocycles. The van der Waals surface area contributed by atoms with Gasteiger partial charge in [0.2, 0.25) is 5.91 Å². The number of thioether (sulfide) groups is 1. The number of benzene rings is 4. The van der Waals surface area contributed by atoms with Crippen LogP contribution in [0.25, 0.3) is 20.8 Å². The molecule has 1 unspecified atom stereocenters. The second kappa shape index (κ2) is 9.61. The lowest BCUT2D eigenvalue weighted by molar-refractivity contribution is -0.115. The van der Waals surface area contributed by atoms with Crippen LogP contribution in [0.1, 0.15) is 16.4 Å². The fraction of sp³-hybridized carbons (Fsp3) is 0.0714. The number of carbonyl (C=O) groups is 1. The zero-order valence-corrected chi connectivity index (χ0v) is 19.7. The summed E-state index contributed by atoms with van der Waals surface area (Å²) in [7, 11) is 0. The molecule has 5 aromatic rings. The van der Waals surface area contributed by atoms with Crippen LogP contribution < -0.4 is 5.32 Å². The third kappa shape index (κ3) is 5.00. The molecule has 4 aromatic carbocycles. The van der Waals surface area contributed by atoms with Crippen molar-refractivity contribution in [2.75, 3.05) is 5.32 Å². The number of hydrogen-bond donors (Lipinski definition) is 1. The van der Waals surface area contributed by atoms with E-state index < -0.39 is 0 Å². The molecule has 1 heterocycles. The van der Waals surface area contributed by atoms with Crippen LogP contribution in [-0.2, 0) is 4.79 Å². The summed E-state index contributed by atoms with van der Waals surface area (Å²) >= 11 is 3.24. The first-order valence-electron chi connectivity index (χ1n) is 10.7. The quantitative estimate of drug-likeness (QED) is 0.260. The number of aromatic nitrogens is 1. The van der Waals surface area contributed by atoms with Gasteiger partial charge in [0, 0.05) is 16.1 Å². The van der Waals surface area contributed by atoms with E-state index >= 15 is 0 Å². The van der Waals surface area contributed by atoms with Crippen LogP contribution >= 0.6 is 23.1 Å². The number of nitrogens with zero attached hydrogens (tertiary/aromatic N) is 1. The van der Waals surface area contributed by atoms with Crippen LogP contribution in [0.3, 0.4) is 0 Å². The number of anilines is 1. The fourth-order valence-electron chi connectivity index (χ4n) is 3.60. The van der Waals surface area contributed by atoms with Gasteiger partial charge in [-0.1, -0.05) is 54.6 Å². The number of rotatable bonds is 6. The highest BCUT2D eigenvalue weighted by molar-refractivity contribution is 8.00. The van der Waals surface area contributed by atoms with Crippen LogP contribution in [-0.4, -0.2) is 10.9 Å². The van der Waals surface area contributed by atoms with Crippen LogP contribution in [0, 0.1) is 6.92 Å². The van der Waals surface area contributed by atoms with Crippen LogP contribution in [0.2, 0.25) is 0 Å². The largest absolute Gasteiger partial charge is 0.325 e. The van der Waals surface area contributed by atoms with Crippen LogP contribution in [0.5, 0.6) is 0 Å². The molecule has 0 aliphatic heterocycles. The van der Waals surface area contributed by atoms with Gasteiger partial charge in [-0.05, 0) is 66.6 Å². The molecule has 1 amide bonds. The van der Waals surface area contributed by atoms with Gasteiger partial charge in [0.05, 0.1) is 10.2 Å². The Hall–Kier alpha value is -3.41. The Morgan fingerprint density at radius 1 is 0.879 bits per heavy atom. The Morgan fingerprint density at radius 3 is 2.30 bits per heavy atom. The molecule has 0 aliphatic rings. The van der Waals surface area contributed by atoms with Gasteiger partial charge in [0.25, 0.3) is 0 Å². The van der Waals surface area contributed by atoms with E-state index in [0.717, 1.165) is 32.2 Å². The maximum absolute atomic E-state index is 13.3. The minimum absolute atomic E-state index is 0.0433. The molecular formula is C28H22N2OS2. The van der Waals surface area contributed by atoms with E-state index in [2.05, 4.69) is 30.4 Å². The molecule has 3 nitrogen and oxygen atoms in total. The minimum atomic E-state index is -0.347. The first kappa shape index (κ1) is 21.4. The highest BCUT2D eigenvalue weighted by atomic mass is 32.2. The lowest BCUT2D eigenvalue weighted by atomic mass is 10.1. The first-order chi connectivity index (χ1) is 16.2. The molecule has 0 bridgehead atoms. The molecule has 1 atom stereocenters. The van der Waals surface area contributed by atoms with E-state index in [-0.39, 0.29) is 11.2 Å². The molecule has 1 N–H and O–H groups in total. The fourth-order valence-corrected chi connectivity index (χ4v) is 5.71. The molecule has 33 heavy (non-hydrogen) atoms. The van der Waals surface area contributed by atoms with Crippen molar-refractivity contribution in [3.8, 4) is 10.6 Å². The predicted octanol–water partition coefficient (Wildman–Crippen LogP) is 7.74. The molecule has 0 radical (unpaired) electrons. The smallest absolute Gasteiger partial charge is 0.242 e. The monoisotopic (exact) mass is 466 g/mol. The van der Waals surface area contributed by atoms with Crippen molar-refractivity contribution in [2.24, 2.45) is 0 Å². The molecule has 0 saturated carbocycles. The molecular weight excluding hydrogens is 444 g/mol. The number of hydrogen-bond acceptors (Lipinski definition) is 4. The molecule has 0 fully saturated rings. The average Bonchev–Trinajstić information content (AvgIpc) is 3.27. The number of amides is 1. The van der Waals surface area contributed by atoms with Crippen molar-refractivity contribution in [2.45, 2.75) is 17.1 Å². The van der Waals surface area contributed by atoms with Gasteiger partial charge in [0.15, 0.2) is 0 Å². The van der Waals surface area contributed by atoms with Crippen molar-refractivity contribution in [3.63, 3.8) is 0 Å². The molecule has 162 valence electrons. The lowest BCUT2D eigenvalue weighted by Crippen LogP contribution is -2.19. The van der Waals surface area contributed by atoms with E-state index in [4.69, 9.17) is 4.98 Å². The summed E-state index contributed by atoms with van der Waals surface area (Å²) in [5.41, 5.74) is 5.05. The van der Waals surface area contributed by atoms with Crippen molar-refractivity contribution < 1.29 is 4.79 Å². The molecule has 0 aliphatic carbocycles. The minimum Gasteiger partial charge on any atom is -0.325 e. The molecule has 1 aromatic heterocycles. The standard InChI is InChI=1S/C28H22N2OS2/c1-19-12-17-24-25(18-19)33-28(30-24)21-13-15-22(16-14-21)29-27(31)26(20-8-4-2-5-9-20)32-23-10-6-3-7-11-23/h2-18,26H,1H3,(H,29,31). The molecule has 5 heteroatoms. The van der Waals surface area contributed by atoms with Gasteiger partial charge in [-0.15, -0.1) is 23.1 Å². The van der Waals surface area contributed by atoms with Gasteiger partial charge >= 0.3 is 0 Å². The van der Waals surface area contributed by atoms with E-state index in [1.54, 1.807) is 23.1 Å². The number of nitrogens with one attached hydrogen (secondary N) is 1. The summed E-state index contributed by atoms with van der Waals surface area (Å²) in [4.78, 5) is 19.1. The Kier molecular flexibility index (Phi) is 6.24. The summed E-state index contributed by atoms with van der Waals surface area (Å²) in [5.74, 6) is -0.0433. The van der Waals surface area contributed by atoms with Gasteiger partial charge < -0.3 is 5.32 Å². The Balaban J connectivity index is 1.35. The maximum atomic E-state index is 13.3. The summed E-state index contributed by atoms with van der Waals surface area (Å²) in [6.07, 6.45) is 0. The summed E-state index contributed by atoms with van der Waals surface area (Å²) < 4.78 is 1.19. The van der Waals surface area contributed by atoms with Crippen molar-refractivity contribution in [1.29, 1.82) is 0 Å². The zero-order chi connectivity index (χ0) is 22.6. The SMILES string of the molecule is Cc1ccc2nc(-c3ccc(NC(=O)C(Sc4ccccc4)c4ccccc4)cc3)sc2c1. The Morgan fingerprint density at radius 2 is 1.58 bits per heavy atom. The summed E-state index contributed by atoms with van der Waals surface area (Å²) in [5, 5.41) is 3.73. The van der Waals surface area contributed by atoms with Crippen molar-refractivity contribution in [3.05, 3.63) is 114 Å². The van der Waals surface area contributed by atoms with E-state index in [9.17, 15) is 4.79 Å². The summed E-state index contributed by atoms with van der Waals surface area (Å²) in [6.45, 7) is 2.09. The van der Waals surface area contributed by atoms with E-state index in [0.29, 0.717) is 0 Å². The second-order valence-corrected chi connectivity index (χ2v) is 9.99. The number of fused-ring (bicyclic) bond motifs is 1. The molecule has 5 rings (SSSR count). The zero-order valence-electron chi connectivity index (χ0n) is 18.1. The highest BCUT2D eigenvalue weighted by Gasteiger charge is 2.22. The van der Waals surface area contributed by atoms with Gasteiger partial charge in [-0.2, -0.15) is 0 Å². The van der Waals surface area contributed by atoms with Crippen molar-refractivity contribution >= 4 is 44.9 Å². The van der Waals surface area contributed by atoms with E-state index in [1.165, 1.54) is 10.3 Å². The highest BCUT2D eigenvalue weighted by Crippen LogP contribution is 2.36. The first-order valence-corrected chi connectivity index (χ1v) is 12.4. The number of thiazole rings is 1. The number of carbonyl (C=O) groups excluding carboxylic acids is 1. The predicted molar refractivity (Wildman–Crippen MR) is 140 cm³/mol. The Labute approximate surface area is 201 Å². The van der Waals surface area contributed by atoms with Crippen molar-refractivity contribution in [1.82, 2.24) is 4.98 Å². The normalized spacial score (nSPS) is 11.9. The molecule has 0 spiro atoms. The van der Waals surface area contributed by atoms with Crippen LogP contribution in [0.4, 0.5) is 5.69 Å². The number of aryl methyl sites for hydroxylation is 1. The van der Waals surface area contributed by atoms with Gasteiger partial charge in [-0.3, -0.25) is 4.79 Å². The third-order valence-electron chi connectivity index (χ3n) is 5.28. The van der Waals surface area contributed by atoms with Gasteiger partial charge in [0.1, 0.15) is 10.3 Å². The average molecular weight is 467 g/mol. The van der Waals surface area contributed by atoms with E-state index in [1.807, 2.05) is 84.9 Å². The van der Waals surface area contributed by atoms with Gasteiger partial charge in [-0.25, -0.2) is 4.98 Å². The topological polar surface area (TPSA) is 42.0 Å².